The molecule has 0 amide bonds. The van der Waals surface area contributed by atoms with Gasteiger partial charge in [-0.05, 0) is 45.1 Å². The van der Waals surface area contributed by atoms with Crippen LogP contribution in [0.2, 0.25) is 0 Å². The highest BCUT2D eigenvalue weighted by atomic mass is 16.6. The molecular weight excluding hydrogens is 304 g/mol. The fourth-order valence-electron chi connectivity index (χ4n) is 3.20. The number of hydrogen-bond acceptors (Lipinski definition) is 4. The zero-order chi connectivity index (χ0) is 17.6. The summed E-state index contributed by atoms with van der Waals surface area (Å²) in [6, 6.07) is 9.60. The number of rotatable bonds is 6. The quantitative estimate of drug-likeness (QED) is 0.730. The predicted molar refractivity (Wildman–Crippen MR) is 92.1 cm³/mol. The number of hydrogen-bond donors (Lipinski definition) is 0. The Balaban J connectivity index is 1.96. The van der Waals surface area contributed by atoms with Crippen LogP contribution >= 0.6 is 0 Å². The molecule has 0 radical (unpaired) electrons. The molecule has 1 aromatic carbocycles. The molecule has 0 bridgehead atoms. The summed E-state index contributed by atoms with van der Waals surface area (Å²) in [5, 5.41) is 0. The second-order valence-electron chi connectivity index (χ2n) is 7.53. The fraction of sp³-hybridized carbons (Fsp3) is 0.600. The van der Waals surface area contributed by atoms with Gasteiger partial charge in [0.15, 0.2) is 0 Å². The van der Waals surface area contributed by atoms with Crippen LogP contribution in [0.5, 0.6) is 0 Å². The largest absolute Gasteiger partial charge is 0.461 e. The van der Waals surface area contributed by atoms with Gasteiger partial charge in [-0.1, -0.05) is 43.2 Å². The highest BCUT2D eigenvalue weighted by Crippen LogP contribution is 2.34. The molecule has 2 rings (SSSR count). The zero-order valence-electron chi connectivity index (χ0n) is 14.9. The van der Waals surface area contributed by atoms with Crippen molar-refractivity contribution in [3.63, 3.8) is 0 Å². The number of ether oxygens (including phenoxy) is 2. The lowest BCUT2D eigenvalue weighted by Crippen LogP contribution is -2.31. The standard InChI is InChI=1S/C20H28O4/c1-20(2,3)24-18(21)13-17(16-11-7-8-12-16)19(22)23-14-15-9-5-4-6-10-15/h4-6,9-10,16-17H,7-8,11-14H2,1-3H3. The molecule has 132 valence electrons. The van der Waals surface area contributed by atoms with E-state index in [1.807, 2.05) is 51.1 Å². The van der Waals surface area contributed by atoms with Gasteiger partial charge in [0.1, 0.15) is 12.2 Å². The highest BCUT2D eigenvalue weighted by Gasteiger charge is 2.35. The van der Waals surface area contributed by atoms with Crippen molar-refractivity contribution < 1.29 is 19.1 Å². The van der Waals surface area contributed by atoms with Crippen molar-refractivity contribution in [2.45, 2.75) is 65.1 Å². The molecule has 0 saturated heterocycles. The van der Waals surface area contributed by atoms with Crippen LogP contribution in [0.25, 0.3) is 0 Å². The van der Waals surface area contributed by atoms with Crippen LogP contribution in [0.1, 0.15) is 58.4 Å². The molecular formula is C20H28O4. The van der Waals surface area contributed by atoms with E-state index in [1.165, 1.54) is 0 Å². The van der Waals surface area contributed by atoms with Gasteiger partial charge in [0, 0.05) is 0 Å². The van der Waals surface area contributed by atoms with E-state index in [1.54, 1.807) is 0 Å². The third kappa shape index (κ3) is 5.99. The summed E-state index contributed by atoms with van der Waals surface area (Å²) in [5.74, 6) is -0.778. The molecule has 1 fully saturated rings. The van der Waals surface area contributed by atoms with E-state index in [0.29, 0.717) is 0 Å². The van der Waals surface area contributed by atoms with Gasteiger partial charge in [0.2, 0.25) is 0 Å². The van der Waals surface area contributed by atoms with Crippen molar-refractivity contribution in [2.24, 2.45) is 11.8 Å². The molecule has 0 spiro atoms. The minimum absolute atomic E-state index is 0.107. The van der Waals surface area contributed by atoms with Gasteiger partial charge in [-0.3, -0.25) is 9.59 Å². The molecule has 1 aromatic rings. The van der Waals surface area contributed by atoms with E-state index >= 15 is 0 Å². The number of benzene rings is 1. The monoisotopic (exact) mass is 332 g/mol. The van der Waals surface area contributed by atoms with E-state index in [4.69, 9.17) is 9.47 Å². The Bertz CT molecular complexity index is 539. The molecule has 1 saturated carbocycles. The first-order valence-corrected chi connectivity index (χ1v) is 8.77. The fourth-order valence-corrected chi connectivity index (χ4v) is 3.20. The van der Waals surface area contributed by atoms with Crippen LogP contribution < -0.4 is 0 Å². The maximum atomic E-state index is 12.6. The third-order valence-electron chi connectivity index (χ3n) is 4.30. The summed E-state index contributed by atoms with van der Waals surface area (Å²) in [7, 11) is 0. The second-order valence-corrected chi connectivity index (χ2v) is 7.53. The first-order chi connectivity index (χ1) is 11.3. The molecule has 1 aliphatic rings. The van der Waals surface area contributed by atoms with Gasteiger partial charge in [0.25, 0.3) is 0 Å². The summed E-state index contributed by atoms with van der Waals surface area (Å²) in [6.07, 6.45) is 4.29. The van der Waals surface area contributed by atoms with E-state index < -0.39 is 11.5 Å². The summed E-state index contributed by atoms with van der Waals surface area (Å²) in [6.45, 7) is 5.76. The molecule has 4 nitrogen and oxygen atoms in total. The molecule has 1 atom stereocenters. The summed E-state index contributed by atoms with van der Waals surface area (Å²) in [5.41, 5.74) is 0.416. The molecule has 0 aromatic heterocycles. The Morgan fingerprint density at radius 2 is 1.75 bits per heavy atom. The van der Waals surface area contributed by atoms with Crippen molar-refractivity contribution in [3.05, 3.63) is 35.9 Å². The average molecular weight is 332 g/mol. The summed E-state index contributed by atoms with van der Waals surface area (Å²) >= 11 is 0. The van der Waals surface area contributed by atoms with Crippen molar-refractivity contribution >= 4 is 11.9 Å². The van der Waals surface area contributed by atoms with Crippen LogP contribution in [0, 0.1) is 11.8 Å². The Labute approximate surface area is 144 Å². The van der Waals surface area contributed by atoms with Crippen molar-refractivity contribution in [3.8, 4) is 0 Å². The van der Waals surface area contributed by atoms with Gasteiger partial charge in [0.05, 0.1) is 12.3 Å². The third-order valence-corrected chi connectivity index (χ3v) is 4.30. The van der Waals surface area contributed by atoms with Gasteiger partial charge < -0.3 is 9.47 Å². The minimum Gasteiger partial charge on any atom is -0.461 e. The van der Waals surface area contributed by atoms with Gasteiger partial charge in [-0.2, -0.15) is 0 Å². The van der Waals surface area contributed by atoms with E-state index in [9.17, 15) is 9.59 Å². The van der Waals surface area contributed by atoms with Crippen LogP contribution in [-0.2, 0) is 25.7 Å². The Morgan fingerprint density at radius 3 is 2.33 bits per heavy atom. The van der Waals surface area contributed by atoms with E-state index in [-0.39, 0.29) is 30.9 Å². The SMILES string of the molecule is CC(C)(C)OC(=O)CC(C(=O)OCc1ccccc1)C1CCCC1. The molecule has 1 aliphatic carbocycles. The molecule has 0 N–H and O–H groups in total. The van der Waals surface area contributed by atoms with Crippen molar-refractivity contribution in [1.29, 1.82) is 0 Å². The normalized spacial score (nSPS) is 16.6. The van der Waals surface area contributed by atoms with Gasteiger partial charge in [-0.25, -0.2) is 0 Å². The van der Waals surface area contributed by atoms with E-state index in [0.717, 1.165) is 31.2 Å². The average Bonchev–Trinajstić information content (AvgIpc) is 3.03. The maximum absolute atomic E-state index is 12.6. The highest BCUT2D eigenvalue weighted by molar-refractivity contribution is 5.80. The van der Waals surface area contributed by atoms with Gasteiger partial charge in [-0.15, -0.1) is 0 Å². The van der Waals surface area contributed by atoms with Crippen LogP contribution in [-0.4, -0.2) is 17.5 Å². The topological polar surface area (TPSA) is 52.6 Å². The zero-order valence-corrected chi connectivity index (χ0v) is 14.9. The summed E-state index contributed by atoms with van der Waals surface area (Å²) in [4.78, 5) is 24.7. The molecule has 1 unspecified atom stereocenters. The number of carbonyl (C=O) groups is 2. The molecule has 4 heteroatoms. The lowest BCUT2D eigenvalue weighted by Gasteiger charge is -2.24. The molecule has 0 aliphatic heterocycles. The Hall–Kier alpha value is -1.84. The molecule has 24 heavy (non-hydrogen) atoms. The Kier molecular flexibility index (Phi) is 6.41. The maximum Gasteiger partial charge on any atom is 0.310 e. The lowest BCUT2D eigenvalue weighted by molar-refractivity contribution is -0.163. The second kappa shape index (κ2) is 8.32. The summed E-state index contributed by atoms with van der Waals surface area (Å²) < 4.78 is 10.9. The van der Waals surface area contributed by atoms with Crippen LogP contribution in [0.3, 0.4) is 0 Å². The van der Waals surface area contributed by atoms with Crippen molar-refractivity contribution in [2.75, 3.05) is 0 Å². The number of carbonyl (C=O) groups excluding carboxylic acids is 2. The van der Waals surface area contributed by atoms with E-state index in [2.05, 4.69) is 0 Å². The molecule has 0 heterocycles. The smallest absolute Gasteiger partial charge is 0.310 e. The lowest BCUT2D eigenvalue weighted by atomic mass is 9.88. The minimum atomic E-state index is -0.536. The predicted octanol–water partition coefficient (Wildman–Crippen LogP) is 4.27. The Morgan fingerprint density at radius 1 is 1.12 bits per heavy atom. The van der Waals surface area contributed by atoms with Crippen LogP contribution in [0.4, 0.5) is 0 Å². The first kappa shape index (κ1) is 18.5. The number of esters is 2. The van der Waals surface area contributed by atoms with Crippen molar-refractivity contribution in [1.82, 2.24) is 0 Å². The van der Waals surface area contributed by atoms with Crippen LogP contribution in [0.15, 0.2) is 30.3 Å². The first-order valence-electron chi connectivity index (χ1n) is 8.77. The van der Waals surface area contributed by atoms with Gasteiger partial charge >= 0.3 is 11.9 Å².